The quantitative estimate of drug-likeness (QED) is 0.409. The summed E-state index contributed by atoms with van der Waals surface area (Å²) in [4.78, 5) is 40.6. The van der Waals surface area contributed by atoms with Crippen molar-refractivity contribution in [3.05, 3.63) is 71.3 Å². The van der Waals surface area contributed by atoms with E-state index in [0.29, 0.717) is 35.5 Å². The largest absolute Gasteiger partial charge is 0.463 e. The lowest BCUT2D eigenvalue weighted by Gasteiger charge is -2.37. The molecule has 1 atom stereocenters. The van der Waals surface area contributed by atoms with Gasteiger partial charge in [0, 0.05) is 18.7 Å². The second-order valence-corrected chi connectivity index (χ2v) is 8.51. The van der Waals surface area contributed by atoms with Gasteiger partial charge in [-0.25, -0.2) is 9.59 Å². The van der Waals surface area contributed by atoms with Gasteiger partial charge in [-0.15, -0.1) is 0 Å². The molecule has 2 aromatic carbocycles. The number of nitrogens with zero attached hydrogens (tertiary/aromatic N) is 1. The van der Waals surface area contributed by atoms with Crippen LogP contribution >= 0.6 is 0 Å². The molecule has 3 amide bonds. The van der Waals surface area contributed by atoms with Crippen LogP contribution in [0.25, 0.3) is 5.70 Å². The Balaban J connectivity index is 2.11. The molecule has 0 spiro atoms. The topological polar surface area (TPSA) is 87.7 Å². The highest BCUT2D eigenvalue weighted by Gasteiger charge is 2.38. The second-order valence-electron chi connectivity index (χ2n) is 8.51. The van der Waals surface area contributed by atoms with Crippen LogP contribution in [-0.4, -0.2) is 36.0 Å². The SMILES string of the molecule is CCCCC(=O)Nc1cccc(C2NC(=O)N(CCCC)C(c3ccccc3)=C2C(=O)OCC)c1. The van der Waals surface area contributed by atoms with E-state index in [0.717, 1.165) is 31.2 Å². The lowest BCUT2D eigenvalue weighted by atomic mass is 9.91. The molecular formula is C28H35N3O4. The summed E-state index contributed by atoms with van der Waals surface area (Å²) in [6.07, 6.45) is 3.90. The van der Waals surface area contributed by atoms with Crippen LogP contribution in [0.2, 0.25) is 0 Å². The Morgan fingerprint density at radius 3 is 2.43 bits per heavy atom. The minimum Gasteiger partial charge on any atom is -0.463 e. The zero-order valence-electron chi connectivity index (χ0n) is 20.8. The Labute approximate surface area is 207 Å². The molecule has 2 aromatic rings. The Morgan fingerprint density at radius 2 is 1.74 bits per heavy atom. The molecule has 0 saturated carbocycles. The summed E-state index contributed by atoms with van der Waals surface area (Å²) in [6, 6.07) is 15.7. The molecule has 3 rings (SSSR count). The molecule has 1 heterocycles. The number of esters is 1. The van der Waals surface area contributed by atoms with E-state index in [1.165, 1.54) is 0 Å². The molecule has 1 aliphatic heterocycles. The van der Waals surface area contributed by atoms with Gasteiger partial charge in [0.2, 0.25) is 5.91 Å². The van der Waals surface area contributed by atoms with Crippen LogP contribution in [0.4, 0.5) is 10.5 Å². The lowest BCUT2D eigenvalue weighted by molar-refractivity contribution is -0.139. The van der Waals surface area contributed by atoms with Gasteiger partial charge < -0.3 is 15.4 Å². The van der Waals surface area contributed by atoms with Crippen LogP contribution in [0.5, 0.6) is 0 Å². The number of hydrogen-bond acceptors (Lipinski definition) is 4. The van der Waals surface area contributed by atoms with Gasteiger partial charge in [-0.1, -0.05) is 69.2 Å². The first-order valence-electron chi connectivity index (χ1n) is 12.4. The number of anilines is 1. The van der Waals surface area contributed by atoms with Crippen LogP contribution in [0.3, 0.4) is 0 Å². The van der Waals surface area contributed by atoms with Crippen molar-refractivity contribution in [2.24, 2.45) is 0 Å². The van der Waals surface area contributed by atoms with Crippen LogP contribution in [0, 0.1) is 0 Å². The highest BCUT2D eigenvalue weighted by atomic mass is 16.5. The lowest BCUT2D eigenvalue weighted by Crippen LogP contribution is -2.48. The standard InChI is InChI=1S/C28H35N3O4/c1-4-7-17-23(32)29-22-16-12-15-21(19-22)25-24(27(33)35-6-3)26(20-13-10-9-11-14-20)31(18-8-5-2)28(34)30-25/h9-16,19,25H,4-8,17-18H2,1-3H3,(H,29,32)(H,30,34). The summed E-state index contributed by atoms with van der Waals surface area (Å²) >= 11 is 0. The number of benzene rings is 2. The van der Waals surface area contributed by atoms with E-state index in [2.05, 4.69) is 17.6 Å². The minimum absolute atomic E-state index is 0.0615. The van der Waals surface area contributed by atoms with E-state index in [1.807, 2.05) is 49.4 Å². The highest BCUT2D eigenvalue weighted by Crippen LogP contribution is 2.37. The fraction of sp³-hybridized carbons (Fsp3) is 0.393. The molecule has 2 N–H and O–H groups in total. The predicted octanol–water partition coefficient (Wildman–Crippen LogP) is 5.66. The Hall–Kier alpha value is -3.61. The average molecular weight is 478 g/mol. The van der Waals surface area contributed by atoms with E-state index >= 15 is 0 Å². The number of unbranched alkanes of at least 4 members (excludes halogenated alkanes) is 2. The predicted molar refractivity (Wildman–Crippen MR) is 137 cm³/mol. The van der Waals surface area contributed by atoms with Crippen LogP contribution in [0.15, 0.2) is 60.2 Å². The molecule has 186 valence electrons. The molecule has 1 unspecified atom stereocenters. The number of nitrogens with one attached hydrogen (secondary N) is 2. The molecule has 35 heavy (non-hydrogen) atoms. The maximum absolute atomic E-state index is 13.3. The normalized spacial score (nSPS) is 15.6. The van der Waals surface area contributed by atoms with E-state index < -0.39 is 12.0 Å². The van der Waals surface area contributed by atoms with Gasteiger partial charge >= 0.3 is 12.0 Å². The third kappa shape index (κ3) is 6.50. The van der Waals surface area contributed by atoms with Gasteiger partial charge in [0.15, 0.2) is 0 Å². The third-order valence-corrected chi connectivity index (χ3v) is 5.87. The first kappa shape index (κ1) is 26.0. The summed E-state index contributed by atoms with van der Waals surface area (Å²) in [6.45, 7) is 6.56. The highest BCUT2D eigenvalue weighted by molar-refractivity contribution is 6.04. The number of urea groups is 1. The third-order valence-electron chi connectivity index (χ3n) is 5.87. The van der Waals surface area contributed by atoms with Crippen molar-refractivity contribution < 1.29 is 19.1 Å². The van der Waals surface area contributed by atoms with E-state index in [1.54, 1.807) is 24.0 Å². The van der Waals surface area contributed by atoms with E-state index in [9.17, 15) is 14.4 Å². The number of hydrogen-bond donors (Lipinski definition) is 2. The number of rotatable bonds is 11. The molecule has 1 aliphatic rings. The molecule has 0 aliphatic carbocycles. The molecule has 0 bridgehead atoms. The Bertz CT molecular complexity index is 1060. The van der Waals surface area contributed by atoms with Crippen molar-refractivity contribution in [2.45, 2.75) is 58.9 Å². The van der Waals surface area contributed by atoms with Crippen molar-refractivity contribution in [2.75, 3.05) is 18.5 Å². The average Bonchev–Trinajstić information content (AvgIpc) is 2.87. The summed E-state index contributed by atoms with van der Waals surface area (Å²) in [7, 11) is 0. The van der Waals surface area contributed by atoms with Gasteiger partial charge in [-0.2, -0.15) is 0 Å². The van der Waals surface area contributed by atoms with Crippen LogP contribution < -0.4 is 10.6 Å². The summed E-state index contributed by atoms with van der Waals surface area (Å²) in [5.74, 6) is -0.538. The minimum atomic E-state index is -0.720. The van der Waals surface area contributed by atoms with Gasteiger partial charge in [-0.05, 0) is 43.0 Å². The molecule has 0 aromatic heterocycles. The van der Waals surface area contributed by atoms with Crippen molar-refractivity contribution >= 4 is 29.3 Å². The molecule has 0 fully saturated rings. The van der Waals surface area contributed by atoms with Crippen molar-refractivity contribution in [1.82, 2.24) is 10.2 Å². The van der Waals surface area contributed by atoms with Crippen molar-refractivity contribution in [3.8, 4) is 0 Å². The van der Waals surface area contributed by atoms with Crippen LogP contribution in [0.1, 0.15) is 70.0 Å². The van der Waals surface area contributed by atoms with Gasteiger partial charge in [0.1, 0.15) is 0 Å². The zero-order valence-corrected chi connectivity index (χ0v) is 20.8. The zero-order chi connectivity index (χ0) is 25.2. The summed E-state index contributed by atoms with van der Waals surface area (Å²) in [5.41, 5.74) is 3.02. The first-order valence-corrected chi connectivity index (χ1v) is 12.4. The number of carbonyl (C=O) groups is 3. The van der Waals surface area contributed by atoms with Gasteiger partial charge in [0.25, 0.3) is 0 Å². The molecule has 7 heteroatoms. The van der Waals surface area contributed by atoms with Crippen molar-refractivity contribution in [3.63, 3.8) is 0 Å². The first-order chi connectivity index (χ1) is 17.0. The Morgan fingerprint density at radius 1 is 1.00 bits per heavy atom. The van der Waals surface area contributed by atoms with Gasteiger partial charge in [0.05, 0.1) is 23.9 Å². The monoisotopic (exact) mass is 477 g/mol. The fourth-order valence-corrected chi connectivity index (χ4v) is 4.12. The maximum Gasteiger partial charge on any atom is 0.338 e. The molecule has 7 nitrogen and oxygen atoms in total. The Kier molecular flexibility index (Phi) is 9.47. The molecule has 0 saturated heterocycles. The summed E-state index contributed by atoms with van der Waals surface area (Å²) in [5, 5.41) is 5.93. The fourth-order valence-electron chi connectivity index (χ4n) is 4.12. The number of ether oxygens (including phenoxy) is 1. The van der Waals surface area contributed by atoms with Crippen molar-refractivity contribution in [1.29, 1.82) is 0 Å². The van der Waals surface area contributed by atoms with E-state index in [-0.39, 0.29) is 18.5 Å². The molecule has 0 radical (unpaired) electrons. The number of carbonyl (C=O) groups excluding carboxylic acids is 3. The second kappa shape index (κ2) is 12.7. The van der Waals surface area contributed by atoms with Gasteiger partial charge in [-0.3, -0.25) is 9.69 Å². The smallest absolute Gasteiger partial charge is 0.338 e. The van der Waals surface area contributed by atoms with E-state index in [4.69, 9.17) is 4.74 Å². The van der Waals surface area contributed by atoms with Crippen LogP contribution in [-0.2, 0) is 14.3 Å². The number of amides is 3. The summed E-state index contributed by atoms with van der Waals surface area (Å²) < 4.78 is 5.47. The maximum atomic E-state index is 13.3. The molecular weight excluding hydrogens is 442 g/mol.